The van der Waals surface area contributed by atoms with Crippen molar-refractivity contribution in [1.29, 1.82) is 0 Å². The van der Waals surface area contributed by atoms with E-state index in [2.05, 4.69) is 5.32 Å². The third-order valence-electron chi connectivity index (χ3n) is 4.57. The molecule has 3 N–H and O–H groups in total. The normalized spacial score (nSPS) is 10.7. The molecule has 0 aliphatic carbocycles. The second kappa shape index (κ2) is 7.97. The van der Waals surface area contributed by atoms with E-state index in [-0.39, 0.29) is 22.4 Å². The summed E-state index contributed by atoms with van der Waals surface area (Å²) in [5.74, 6) is -2.44. The number of carboxylic acids is 1. The van der Waals surface area contributed by atoms with Crippen molar-refractivity contribution in [2.75, 3.05) is 5.32 Å². The van der Waals surface area contributed by atoms with Crippen LogP contribution in [-0.2, 0) is 0 Å². The highest BCUT2D eigenvalue weighted by Gasteiger charge is 2.18. The molecule has 1 heterocycles. The number of rotatable bonds is 4. The predicted octanol–water partition coefficient (Wildman–Crippen LogP) is 4.77. The fourth-order valence-corrected chi connectivity index (χ4v) is 3.23. The number of aromatic hydroxyl groups is 1. The minimum absolute atomic E-state index is 0.0256. The summed E-state index contributed by atoms with van der Waals surface area (Å²) in [6, 6.07) is 16.5. The highest BCUT2D eigenvalue weighted by molar-refractivity contribution is 6.30. The van der Waals surface area contributed by atoms with Gasteiger partial charge in [0.25, 0.3) is 5.91 Å². The molecule has 0 saturated carbocycles. The summed E-state index contributed by atoms with van der Waals surface area (Å²) in [5, 5.41) is 22.3. The van der Waals surface area contributed by atoms with E-state index in [1.54, 1.807) is 30.3 Å². The molecule has 0 unspecified atom stereocenters. The largest absolute Gasteiger partial charge is 0.508 e. The van der Waals surface area contributed by atoms with Gasteiger partial charge in [-0.15, -0.1) is 0 Å². The monoisotopic (exact) mass is 435 g/mol. The summed E-state index contributed by atoms with van der Waals surface area (Å²) < 4.78 is 5.42. The summed E-state index contributed by atoms with van der Waals surface area (Å²) in [5.41, 5.74) is 0.864. The molecule has 31 heavy (non-hydrogen) atoms. The van der Waals surface area contributed by atoms with Crippen molar-refractivity contribution in [2.45, 2.75) is 0 Å². The summed E-state index contributed by atoms with van der Waals surface area (Å²) in [6.45, 7) is 0. The van der Waals surface area contributed by atoms with Crippen LogP contribution in [0.5, 0.6) is 5.75 Å². The Balaban J connectivity index is 1.91. The standard InChI is InChI=1S/C23H14ClNO6/c24-15-6-4-12(5-7-15)22(28)25-18-10-14(13-2-1-3-16(26)8-13)9-17-19(27)11-20(23(29)30)31-21(17)18/h1-11,26H,(H,25,28)(H,29,30). The highest BCUT2D eigenvalue weighted by atomic mass is 35.5. The second-order valence-corrected chi connectivity index (χ2v) is 7.13. The van der Waals surface area contributed by atoms with Crippen molar-refractivity contribution in [3.05, 3.63) is 93.3 Å². The van der Waals surface area contributed by atoms with Gasteiger partial charge in [-0.2, -0.15) is 0 Å². The van der Waals surface area contributed by atoms with Crippen LogP contribution in [0.1, 0.15) is 20.9 Å². The van der Waals surface area contributed by atoms with Crippen molar-refractivity contribution in [3.63, 3.8) is 0 Å². The van der Waals surface area contributed by atoms with Crippen molar-refractivity contribution in [1.82, 2.24) is 0 Å². The Kier molecular flexibility index (Phi) is 5.19. The molecule has 0 spiro atoms. The molecule has 0 radical (unpaired) electrons. The van der Waals surface area contributed by atoms with Gasteiger partial charge in [0, 0.05) is 16.7 Å². The van der Waals surface area contributed by atoms with Gasteiger partial charge in [0.1, 0.15) is 5.75 Å². The lowest BCUT2D eigenvalue weighted by Crippen LogP contribution is -2.14. The maximum absolute atomic E-state index is 12.7. The van der Waals surface area contributed by atoms with Crippen LogP contribution in [0.25, 0.3) is 22.1 Å². The average Bonchev–Trinajstić information content (AvgIpc) is 2.74. The quantitative estimate of drug-likeness (QED) is 0.425. The van der Waals surface area contributed by atoms with E-state index in [0.717, 1.165) is 6.07 Å². The Labute approximate surface area is 180 Å². The van der Waals surface area contributed by atoms with E-state index in [1.165, 1.54) is 30.3 Å². The van der Waals surface area contributed by atoms with E-state index in [1.807, 2.05) is 0 Å². The fraction of sp³-hybridized carbons (Fsp3) is 0. The molecule has 154 valence electrons. The van der Waals surface area contributed by atoms with Crippen molar-refractivity contribution >= 4 is 40.1 Å². The van der Waals surface area contributed by atoms with Crippen LogP contribution in [0.2, 0.25) is 5.02 Å². The Morgan fingerprint density at radius 3 is 2.35 bits per heavy atom. The minimum atomic E-state index is -1.41. The number of phenolic OH excluding ortho intramolecular Hbond substituents is 1. The number of amides is 1. The lowest BCUT2D eigenvalue weighted by atomic mass is 10.0. The first-order chi connectivity index (χ1) is 14.8. The number of carbonyl (C=O) groups is 2. The SMILES string of the molecule is O=C(Nc1cc(-c2cccc(O)c2)cc2c(=O)cc(C(=O)O)oc12)c1ccc(Cl)cc1. The van der Waals surface area contributed by atoms with Crippen molar-refractivity contribution in [2.24, 2.45) is 0 Å². The number of aromatic carboxylic acids is 1. The van der Waals surface area contributed by atoms with E-state index < -0.39 is 23.1 Å². The maximum Gasteiger partial charge on any atom is 0.371 e. The minimum Gasteiger partial charge on any atom is -0.508 e. The maximum atomic E-state index is 12.7. The number of hydrogen-bond donors (Lipinski definition) is 3. The number of carboxylic acid groups (broad SMARTS) is 1. The number of carbonyl (C=O) groups excluding carboxylic acids is 1. The van der Waals surface area contributed by atoms with Gasteiger partial charge >= 0.3 is 5.97 Å². The second-order valence-electron chi connectivity index (χ2n) is 6.69. The van der Waals surface area contributed by atoms with Crippen LogP contribution in [0, 0.1) is 0 Å². The molecule has 0 fully saturated rings. The molecular formula is C23H14ClNO6. The zero-order chi connectivity index (χ0) is 22.1. The van der Waals surface area contributed by atoms with Gasteiger partial charge < -0.3 is 19.9 Å². The molecule has 0 aliphatic heterocycles. The molecule has 0 atom stereocenters. The molecule has 0 bridgehead atoms. The zero-order valence-electron chi connectivity index (χ0n) is 15.8. The number of fused-ring (bicyclic) bond motifs is 1. The Morgan fingerprint density at radius 2 is 1.68 bits per heavy atom. The van der Waals surface area contributed by atoms with Crippen LogP contribution < -0.4 is 10.7 Å². The van der Waals surface area contributed by atoms with Gasteiger partial charge in [0.05, 0.1) is 11.1 Å². The van der Waals surface area contributed by atoms with Gasteiger partial charge in [-0.05, 0) is 59.7 Å². The summed E-state index contributed by atoms with van der Waals surface area (Å²) in [6.07, 6.45) is 0. The summed E-state index contributed by atoms with van der Waals surface area (Å²) in [4.78, 5) is 36.7. The third-order valence-corrected chi connectivity index (χ3v) is 4.83. The van der Waals surface area contributed by atoms with Gasteiger partial charge in [-0.1, -0.05) is 23.7 Å². The van der Waals surface area contributed by atoms with Gasteiger partial charge in [-0.3, -0.25) is 9.59 Å². The van der Waals surface area contributed by atoms with Gasteiger partial charge in [0.15, 0.2) is 11.0 Å². The molecule has 0 aliphatic rings. The van der Waals surface area contributed by atoms with Crippen LogP contribution in [-0.4, -0.2) is 22.1 Å². The molecule has 7 nitrogen and oxygen atoms in total. The molecule has 4 aromatic rings. The molecule has 4 rings (SSSR count). The molecule has 3 aromatic carbocycles. The molecule has 8 heteroatoms. The highest BCUT2D eigenvalue weighted by Crippen LogP contribution is 2.32. The number of hydrogen-bond acceptors (Lipinski definition) is 5. The third kappa shape index (κ3) is 4.12. The van der Waals surface area contributed by atoms with Gasteiger partial charge in [0.2, 0.25) is 5.76 Å². The van der Waals surface area contributed by atoms with Crippen molar-refractivity contribution < 1.29 is 24.2 Å². The number of halogens is 1. The first kappa shape index (κ1) is 20.2. The smallest absolute Gasteiger partial charge is 0.371 e. The van der Waals surface area contributed by atoms with Crippen LogP contribution >= 0.6 is 11.6 Å². The zero-order valence-corrected chi connectivity index (χ0v) is 16.5. The predicted molar refractivity (Wildman–Crippen MR) is 116 cm³/mol. The Hall–Kier alpha value is -4.10. The van der Waals surface area contributed by atoms with E-state index in [0.29, 0.717) is 21.7 Å². The first-order valence-corrected chi connectivity index (χ1v) is 9.41. The lowest BCUT2D eigenvalue weighted by Gasteiger charge is -2.12. The summed E-state index contributed by atoms with van der Waals surface area (Å²) >= 11 is 5.86. The van der Waals surface area contributed by atoms with Crippen LogP contribution in [0.15, 0.2) is 75.9 Å². The molecule has 0 saturated heterocycles. The summed E-state index contributed by atoms with van der Waals surface area (Å²) in [7, 11) is 0. The number of phenols is 1. The number of benzene rings is 3. The van der Waals surface area contributed by atoms with Crippen LogP contribution in [0.4, 0.5) is 5.69 Å². The Bertz CT molecular complexity index is 1390. The fourth-order valence-electron chi connectivity index (χ4n) is 3.10. The van der Waals surface area contributed by atoms with E-state index >= 15 is 0 Å². The topological polar surface area (TPSA) is 117 Å². The average molecular weight is 436 g/mol. The van der Waals surface area contributed by atoms with Crippen molar-refractivity contribution in [3.8, 4) is 16.9 Å². The number of nitrogens with one attached hydrogen (secondary N) is 1. The van der Waals surface area contributed by atoms with Gasteiger partial charge in [-0.25, -0.2) is 4.79 Å². The first-order valence-electron chi connectivity index (χ1n) is 9.03. The Morgan fingerprint density at radius 1 is 0.935 bits per heavy atom. The molecule has 1 aromatic heterocycles. The lowest BCUT2D eigenvalue weighted by molar-refractivity contribution is 0.0663. The number of anilines is 1. The van der Waals surface area contributed by atoms with Crippen LogP contribution in [0.3, 0.4) is 0 Å². The molecular weight excluding hydrogens is 422 g/mol. The van der Waals surface area contributed by atoms with E-state index in [9.17, 15) is 24.6 Å². The molecule has 1 amide bonds. The van der Waals surface area contributed by atoms with E-state index in [4.69, 9.17) is 16.0 Å².